The standard InChI is InChI=1S/C22H28N4O/c27-22(26-16-11-18-8-3-4-10-20(18)26)19-9-7-12-23-21(19)24-13-17-25-14-5-1-2-6-15-25/h3-4,7-10,12H,1-2,5-6,11,13-17H2,(H,23,24). The number of nitrogens with zero attached hydrogens (tertiary/aromatic N) is 3. The highest BCUT2D eigenvalue weighted by molar-refractivity contribution is 6.10. The molecule has 142 valence electrons. The summed E-state index contributed by atoms with van der Waals surface area (Å²) in [6.45, 7) is 4.91. The number of rotatable bonds is 5. The molecule has 0 atom stereocenters. The summed E-state index contributed by atoms with van der Waals surface area (Å²) in [5, 5.41) is 3.41. The molecule has 5 heteroatoms. The molecule has 1 N–H and O–H groups in total. The lowest BCUT2D eigenvalue weighted by Gasteiger charge is -2.21. The smallest absolute Gasteiger partial charge is 0.262 e. The van der Waals surface area contributed by atoms with Crippen LogP contribution in [-0.4, -0.2) is 48.5 Å². The molecule has 2 aliphatic heterocycles. The van der Waals surface area contributed by atoms with Crippen molar-refractivity contribution in [2.45, 2.75) is 32.1 Å². The van der Waals surface area contributed by atoms with Crippen LogP contribution in [0.5, 0.6) is 0 Å². The Morgan fingerprint density at radius 1 is 1.00 bits per heavy atom. The second-order valence-corrected chi connectivity index (χ2v) is 7.42. The van der Waals surface area contributed by atoms with Gasteiger partial charge in [-0.3, -0.25) is 4.79 Å². The summed E-state index contributed by atoms with van der Waals surface area (Å²) in [6.07, 6.45) is 7.95. The molecule has 2 aromatic rings. The predicted octanol–water partition coefficient (Wildman–Crippen LogP) is 3.57. The minimum absolute atomic E-state index is 0.0327. The number of carbonyl (C=O) groups is 1. The maximum absolute atomic E-state index is 13.2. The van der Waals surface area contributed by atoms with Gasteiger partial charge in [0.25, 0.3) is 5.91 Å². The van der Waals surface area contributed by atoms with Crippen molar-refractivity contribution in [3.63, 3.8) is 0 Å². The molecular weight excluding hydrogens is 336 g/mol. The molecule has 1 aromatic heterocycles. The first-order valence-electron chi connectivity index (χ1n) is 10.1. The van der Waals surface area contributed by atoms with Crippen LogP contribution in [0, 0.1) is 0 Å². The Kier molecular flexibility index (Phi) is 5.68. The van der Waals surface area contributed by atoms with E-state index in [0.717, 1.165) is 31.7 Å². The van der Waals surface area contributed by atoms with Crippen LogP contribution < -0.4 is 10.2 Å². The molecule has 0 unspecified atom stereocenters. The number of likely N-dealkylation sites (tertiary alicyclic amines) is 1. The van der Waals surface area contributed by atoms with Gasteiger partial charge >= 0.3 is 0 Å². The second-order valence-electron chi connectivity index (χ2n) is 7.42. The third-order valence-corrected chi connectivity index (χ3v) is 5.59. The number of hydrogen-bond acceptors (Lipinski definition) is 4. The highest BCUT2D eigenvalue weighted by Crippen LogP contribution is 2.29. The predicted molar refractivity (Wildman–Crippen MR) is 109 cm³/mol. The first kappa shape index (κ1) is 18.0. The zero-order valence-corrected chi connectivity index (χ0v) is 15.9. The third-order valence-electron chi connectivity index (χ3n) is 5.59. The number of amides is 1. The molecule has 0 spiro atoms. The van der Waals surface area contributed by atoms with E-state index in [1.165, 1.54) is 44.3 Å². The number of benzene rings is 1. The van der Waals surface area contributed by atoms with Crippen LogP contribution in [-0.2, 0) is 6.42 Å². The third kappa shape index (κ3) is 4.14. The monoisotopic (exact) mass is 364 g/mol. The van der Waals surface area contributed by atoms with E-state index in [4.69, 9.17) is 0 Å². The first-order valence-corrected chi connectivity index (χ1v) is 10.1. The molecule has 2 aliphatic rings. The minimum Gasteiger partial charge on any atom is -0.368 e. The SMILES string of the molecule is O=C(c1cccnc1NCCN1CCCCCC1)N1CCc2ccccc21. The Morgan fingerprint density at radius 2 is 1.81 bits per heavy atom. The van der Waals surface area contributed by atoms with Crippen LogP contribution in [0.1, 0.15) is 41.6 Å². The van der Waals surface area contributed by atoms with Crippen molar-refractivity contribution < 1.29 is 4.79 Å². The summed E-state index contributed by atoms with van der Waals surface area (Å²) in [6, 6.07) is 11.9. The van der Waals surface area contributed by atoms with Crippen LogP contribution in [0.3, 0.4) is 0 Å². The average Bonchev–Trinajstić information content (AvgIpc) is 2.96. The lowest BCUT2D eigenvalue weighted by Crippen LogP contribution is -2.32. The Morgan fingerprint density at radius 3 is 2.67 bits per heavy atom. The minimum atomic E-state index is 0.0327. The zero-order chi connectivity index (χ0) is 18.5. The molecule has 4 rings (SSSR count). The molecular formula is C22H28N4O. The fraction of sp³-hybridized carbons (Fsp3) is 0.455. The first-order chi connectivity index (χ1) is 13.3. The number of anilines is 2. The van der Waals surface area contributed by atoms with E-state index in [-0.39, 0.29) is 5.91 Å². The number of nitrogens with one attached hydrogen (secondary N) is 1. The number of hydrogen-bond donors (Lipinski definition) is 1. The number of para-hydroxylation sites is 1. The van der Waals surface area contributed by atoms with Crippen molar-refractivity contribution >= 4 is 17.4 Å². The Hall–Kier alpha value is -2.40. The van der Waals surface area contributed by atoms with Gasteiger partial charge in [-0.25, -0.2) is 4.98 Å². The van der Waals surface area contributed by atoms with Crippen LogP contribution in [0.2, 0.25) is 0 Å². The van der Waals surface area contributed by atoms with Crippen LogP contribution in [0.15, 0.2) is 42.6 Å². The maximum atomic E-state index is 13.2. The van der Waals surface area contributed by atoms with Crippen molar-refractivity contribution in [3.05, 3.63) is 53.7 Å². The van der Waals surface area contributed by atoms with E-state index in [0.29, 0.717) is 11.4 Å². The number of carbonyl (C=O) groups excluding carboxylic acids is 1. The molecule has 0 radical (unpaired) electrons. The van der Waals surface area contributed by atoms with Crippen LogP contribution >= 0.6 is 0 Å². The maximum Gasteiger partial charge on any atom is 0.262 e. The summed E-state index contributed by atoms with van der Waals surface area (Å²) in [4.78, 5) is 22.0. The molecule has 0 aliphatic carbocycles. The molecule has 1 fully saturated rings. The van der Waals surface area contributed by atoms with Gasteiger partial charge < -0.3 is 15.1 Å². The van der Waals surface area contributed by atoms with Gasteiger partial charge in [-0.05, 0) is 56.1 Å². The van der Waals surface area contributed by atoms with E-state index in [1.807, 2.05) is 35.2 Å². The van der Waals surface area contributed by atoms with E-state index in [2.05, 4.69) is 21.3 Å². The topological polar surface area (TPSA) is 48.5 Å². The number of pyridine rings is 1. The van der Waals surface area contributed by atoms with Gasteiger partial charge in [0.2, 0.25) is 0 Å². The van der Waals surface area contributed by atoms with Gasteiger partial charge in [-0.1, -0.05) is 31.0 Å². The fourth-order valence-electron chi connectivity index (χ4n) is 4.11. The summed E-state index contributed by atoms with van der Waals surface area (Å²) < 4.78 is 0. The quantitative estimate of drug-likeness (QED) is 0.881. The highest BCUT2D eigenvalue weighted by Gasteiger charge is 2.27. The summed E-state index contributed by atoms with van der Waals surface area (Å²) >= 11 is 0. The van der Waals surface area contributed by atoms with Crippen LogP contribution in [0.25, 0.3) is 0 Å². The summed E-state index contributed by atoms with van der Waals surface area (Å²) in [7, 11) is 0. The molecule has 1 amide bonds. The van der Waals surface area contributed by atoms with Gasteiger partial charge in [-0.2, -0.15) is 0 Å². The van der Waals surface area contributed by atoms with Crippen molar-refractivity contribution in [2.75, 3.05) is 42.9 Å². The van der Waals surface area contributed by atoms with E-state index < -0.39 is 0 Å². The average molecular weight is 364 g/mol. The highest BCUT2D eigenvalue weighted by atomic mass is 16.2. The van der Waals surface area contributed by atoms with Gasteiger partial charge in [-0.15, -0.1) is 0 Å². The van der Waals surface area contributed by atoms with Gasteiger partial charge in [0.1, 0.15) is 5.82 Å². The Balaban J connectivity index is 1.43. The zero-order valence-electron chi connectivity index (χ0n) is 15.9. The van der Waals surface area contributed by atoms with E-state index >= 15 is 0 Å². The normalized spacial score (nSPS) is 17.4. The van der Waals surface area contributed by atoms with Gasteiger partial charge in [0, 0.05) is 31.5 Å². The fourth-order valence-corrected chi connectivity index (χ4v) is 4.11. The largest absolute Gasteiger partial charge is 0.368 e. The number of fused-ring (bicyclic) bond motifs is 1. The van der Waals surface area contributed by atoms with Crippen molar-refractivity contribution in [3.8, 4) is 0 Å². The van der Waals surface area contributed by atoms with Crippen LogP contribution in [0.4, 0.5) is 11.5 Å². The summed E-state index contributed by atoms with van der Waals surface area (Å²) in [5.74, 6) is 0.729. The molecule has 0 saturated carbocycles. The van der Waals surface area contributed by atoms with Gasteiger partial charge in [0.05, 0.1) is 5.56 Å². The lowest BCUT2D eigenvalue weighted by molar-refractivity contribution is 0.0990. The number of aromatic nitrogens is 1. The van der Waals surface area contributed by atoms with Crippen molar-refractivity contribution in [2.24, 2.45) is 0 Å². The molecule has 5 nitrogen and oxygen atoms in total. The van der Waals surface area contributed by atoms with E-state index in [1.54, 1.807) is 6.20 Å². The van der Waals surface area contributed by atoms with Crippen molar-refractivity contribution in [1.82, 2.24) is 9.88 Å². The lowest BCUT2D eigenvalue weighted by atomic mass is 10.1. The van der Waals surface area contributed by atoms with Crippen molar-refractivity contribution in [1.29, 1.82) is 0 Å². The molecule has 0 bridgehead atoms. The van der Waals surface area contributed by atoms with E-state index in [9.17, 15) is 4.79 Å². The Labute approximate surface area is 161 Å². The summed E-state index contributed by atoms with van der Waals surface area (Å²) in [5.41, 5.74) is 2.93. The Bertz CT molecular complexity index is 783. The van der Waals surface area contributed by atoms with Gasteiger partial charge in [0.15, 0.2) is 0 Å². The molecule has 1 saturated heterocycles. The second kappa shape index (κ2) is 8.53. The molecule has 3 heterocycles. The molecule has 27 heavy (non-hydrogen) atoms. The molecule has 1 aromatic carbocycles.